The third-order valence-corrected chi connectivity index (χ3v) is 7.84. The highest BCUT2D eigenvalue weighted by atomic mass is 32.2. The topological polar surface area (TPSA) is 137 Å². The summed E-state index contributed by atoms with van der Waals surface area (Å²) in [5.41, 5.74) is 3.91. The van der Waals surface area contributed by atoms with Gasteiger partial charge in [0.05, 0.1) is 22.8 Å². The first-order valence-electron chi connectivity index (χ1n) is 11.5. The van der Waals surface area contributed by atoms with Crippen LogP contribution in [0, 0.1) is 6.92 Å². The van der Waals surface area contributed by atoms with Gasteiger partial charge >= 0.3 is 0 Å². The van der Waals surface area contributed by atoms with Crippen LogP contribution in [0.15, 0.2) is 87.8 Å². The van der Waals surface area contributed by atoms with E-state index in [0.717, 1.165) is 33.3 Å². The van der Waals surface area contributed by atoms with Crippen LogP contribution in [-0.4, -0.2) is 33.4 Å². The lowest BCUT2D eigenvalue weighted by molar-refractivity contribution is 0.597. The van der Waals surface area contributed by atoms with Gasteiger partial charge in [0, 0.05) is 23.9 Å². The summed E-state index contributed by atoms with van der Waals surface area (Å²) in [6, 6.07) is 20.7. The number of primary sulfonamides is 1. The largest absolute Gasteiger partial charge is 0.301 e. The van der Waals surface area contributed by atoms with E-state index < -0.39 is 10.0 Å². The first-order valence-corrected chi connectivity index (χ1v) is 14.0. The molecule has 3 aromatic carbocycles. The fraction of sp³-hybridized carbons (Fsp3) is 0.154. The van der Waals surface area contributed by atoms with Crippen molar-refractivity contribution >= 4 is 32.6 Å². The molecule has 0 radical (unpaired) electrons. The van der Waals surface area contributed by atoms with Gasteiger partial charge in [0.15, 0.2) is 5.16 Å². The second-order valence-corrected chi connectivity index (χ2v) is 11.2. The van der Waals surface area contributed by atoms with E-state index in [1.807, 2.05) is 24.4 Å². The van der Waals surface area contributed by atoms with Crippen LogP contribution in [0.2, 0.25) is 0 Å². The van der Waals surface area contributed by atoms with Gasteiger partial charge in [0.2, 0.25) is 10.0 Å². The number of benzene rings is 3. The van der Waals surface area contributed by atoms with Gasteiger partial charge in [-0.05, 0) is 41.0 Å². The maximum atomic E-state index is 12.6. The fourth-order valence-electron chi connectivity index (χ4n) is 4.02. The molecule has 3 N–H and O–H groups in total. The Morgan fingerprint density at radius 1 is 1.03 bits per heavy atom. The average Bonchev–Trinajstić information content (AvgIpc) is 3.33. The number of nitrogens with zero attached hydrogens (tertiary/aromatic N) is 4. The van der Waals surface area contributed by atoms with E-state index in [-0.39, 0.29) is 10.5 Å². The van der Waals surface area contributed by atoms with Gasteiger partial charge in [0.25, 0.3) is 5.56 Å². The highest BCUT2D eigenvalue weighted by Crippen LogP contribution is 2.23. The Kier molecular flexibility index (Phi) is 6.92. The van der Waals surface area contributed by atoms with Crippen LogP contribution in [0.5, 0.6) is 0 Å². The summed E-state index contributed by atoms with van der Waals surface area (Å²) in [6.45, 7) is 2.22. The van der Waals surface area contributed by atoms with Crippen LogP contribution >= 0.6 is 11.8 Å². The lowest BCUT2D eigenvalue weighted by atomic mass is 9.99. The standard InChI is InChI=1S/C26H24N6O3S2/c1-17-24(13-20-7-4-6-19-5-2-3-8-23(19)20)28-26(29-25(17)33)36-16-21-15-32(31-30-21)14-18-9-11-22(12-10-18)37(27,34)35/h2-12,15H,13-14,16H2,1H3,(H2,27,34,35)(H,28,29,33). The molecule has 2 aromatic heterocycles. The second kappa shape index (κ2) is 10.3. The number of aromatic nitrogens is 5. The number of hydrogen-bond donors (Lipinski definition) is 2. The number of nitrogens with two attached hydrogens (primary N) is 1. The smallest absolute Gasteiger partial charge is 0.254 e. The number of fused-ring (bicyclic) bond motifs is 1. The number of nitrogens with one attached hydrogen (secondary N) is 1. The van der Waals surface area contributed by atoms with E-state index in [0.29, 0.717) is 29.4 Å². The summed E-state index contributed by atoms with van der Waals surface area (Å²) in [7, 11) is -3.73. The molecule has 0 unspecified atom stereocenters. The molecule has 37 heavy (non-hydrogen) atoms. The van der Waals surface area contributed by atoms with Gasteiger partial charge in [-0.15, -0.1) is 5.10 Å². The molecule has 9 nitrogen and oxygen atoms in total. The Hall–Kier alpha value is -3.80. The number of thioether (sulfide) groups is 1. The first-order chi connectivity index (χ1) is 17.8. The van der Waals surface area contributed by atoms with Crippen molar-refractivity contribution in [3.05, 3.63) is 111 Å². The van der Waals surface area contributed by atoms with Crippen LogP contribution in [0.1, 0.15) is 28.1 Å². The molecule has 0 aliphatic heterocycles. The summed E-state index contributed by atoms with van der Waals surface area (Å²) in [5.74, 6) is 0.476. The van der Waals surface area contributed by atoms with E-state index in [1.165, 1.54) is 23.9 Å². The molecule has 11 heteroatoms. The van der Waals surface area contributed by atoms with Gasteiger partial charge < -0.3 is 4.98 Å². The van der Waals surface area contributed by atoms with Crippen LogP contribution in [0.25, 0.3) is 10.8 Å². The van der Waals surface area contributed by atoms with Gasteiger partial charge in [-0.3, -0.25) is 4.79 Å². The van der Waals surface area contributed by atoms with Crippen LogP contribution in [-0.2, 0) is 28.7 Å². The van der Waals surface area contributed by atoms with E-state index in [4.69, 9.17) is 10.1 Å². The normalized spacial score (nSPS) is 11.7. The molecule has 0 amide bonds. The minimum atomic E-state index is -3.73. The molecular weight excluding hydrogens is 508 g/mol. The molecule has 0 saturated heterocycles. The van der Waals surface area contributed by atoms with Crippen molar-refractivity contribution in [2.75, 3.05) is 0 Å². The number of rotatable bonds is 8. The summed E-state index contributed by atoms with van der Waals surface area (Å²) in [5, 5.41) is 16.3. The van der Waals surface area contributed by atoms with Gasteiger partial charge in [-0.1, -0.05) is 71.6 Å². The van der Waals surface area contributed by atoms with Gasteiger partial charge in [-0.2, -0.15) is 0 Å². The van der Waals surface area contributed by atoms with Crippen molar-refractivity contribution in [1.82, 2.24) is 25.0 Å². The molecule has 5 aromatic rings. The van der Waals surface area contributed by atoms with Gasteiger partial charge in [0.1, 0.15) is 0 Å². The summed E-state index contributed by atoms with van der Waals surface area (Å²) >= 11 is 1.39. The molecule has 0 aliphatic carbocycles. The summed E-state index contributed by atoms with van der Waals surface area (Å²) < 4.78 is 24.5. The first kappa shape index (κ1) is 24.9. The molecule has 0 saturated carbocycles. The molecule has 0 atom stereocenters. The molecule has 5 rings (SSSR count). The van der Waals surface area contributed by atoms with Crippen molar-refractivity contribution in [2.45, 2.75) is 35.7 Å². The van der Waals surface area contributed by atoms with Crippen molar-refractivity contribution < 1.29 is 8.42 Å². The van der Waals surface area contributed by atoms with Crippen molar-refractivity contribution in [2.24, 2.45) is 5.14 Å². The zero-order valence-electron chi connectivity index (χ0n) is 20.0. The van der Waals surface area contributed by atoms with E-state index >= 15 is 0 Å². The Morgan fingerprint density at radius 2 is 1.78 bits per heavy atom. The summed E-state index contributed by atoms with van der Waals surface area (Å²) in [6.07, 6.45) is 2.37. The molecule has 2 heterocycles. The van der Waals surface area contributed by atoms with E-state index in [2.05, 4.69) is 39.6 Å². The quantitative estimate of drug-likeness (QED) is 0.231. The second-order valence-electron chi connectivity index (χ2n) is 8.64. The maximum Gasteiger partial charge on any atom is 0.254 e. The van der Waals surface area contributed by atoms with E-state index in [1.54, 1.807) is 23.7 Å². The number of H-pyrrole nitrogens is 1. The zero-order valence-corrected chi connectivity index (χ0v) is 21.6. The number of sulfonamides is 1. The Balaban J connectivity index is 1.28. The minimum absolute atomic E-state index is 0.0614. The monoisotopic (exact) mass is 532 g/mol. The molecule has 0 spiro atoms. The SMILES string of the molecule is Cc1c(Cc2cccc3ccccc23)nc(SCc2cn(Cc3ccc(S(N)(=O)=O)cc3)nn2)[nH]c1=O. The Morgan fingerprint density at radius 3 is 2.57 bits per heavy atom. The van der Waals surface area contributed by atoms with Crippen molar-refractivity contribution in [3.8, 4) is 0 Å². The molecular formula is C26H24N6O3S2. The zero-order chi connectivity index (χ0) is 26.0. The maximum absolute atomic E-state index is 12.6. The average molecular weight is 533 g/mol. The summed E-state index contributed by atoms with van der Waals surface area (Å²) in [4.78, 5) is 20.3. The van der Waals surface area contributed by atoms with E-state index in [9.17, 15) is 13.2 Å². The lowest BCUT2D eigenvalue weighted by Gasteiger charge is -2.09. The van der Waals surface area contributed by atoms with Gasteiger partial charge in [-0.25, -0.2) is 23.2 Å². The van der Waals surface area contributed by atoms with Crippen LogP contribution < -0.4 is 10.7 Å². The highest BCUT2D eigenvalue weighted by molar-refractivity contribution is 7.98. The number of aromatic amines is 1. The third kappa shape index (κ3) is 5.79. The highest BCUT2D eigenvalue weighted by Gasteiger charge is 2.12. The third-order valence-electron chi connectivity index (χ3n) is 6.01. The van der Waals surface area contributed by atoms with Crippen LogP contribution in [0.3, 0.4) is 0 Å². The van der Waals surface area contributed by atoms with Crippen molar-refractivity contribution in [3.63, 3.8) is 0 Å². The molecule has 0 aliphatic rings. The van der Waals surface area contributed by atoms with Crippen LogP contribution in [0.4, 0.5) is 0 Å². The Labute approximate surface area is 217 Å². The molecule has 0 bridgehead atoms. The molecule has 0 fully saturated rings. The number of hydrogen-bond acceptors (Lipinski definition) is 7. The van der Waals surface area contributed by atoms with Crippen molar-refractivity contribution in [1.29, 1.82) is 0 Å². The lowest BCUT2D eigenvalue weighted by Crippen LogP contribution is -2.16. The fourth-order valence-corrected chi connectivity index (χ4v) is 5.29. The predicted molar refractivity (Wildman–Crippen MR) is 143 cm³/mol. The molecule has 188 valence electrons. The predicted octanol–water partition coefficient (Wildman–Crippen LogP) is 3.40. The Bertz CT molecular complexity index is 1740. The minimum Gasteiger partial charge on any atom is -0.301 e.